The number of hydrogen-bond acceptors (Lipinski definition) is 5. The molecule has 0 aliphatic carbocycles. The molecular weight excluding hydrogens is 320 g/mol. The molecule has 0 fully saturated rings. The van der Waals surface area contributed by atoms with Gasteiger partial charge in [-0.1, -0.05) is 36.4 Å². The van der Waals surface area contributed by atoms with E-state index in [1.807, 2.05) is 37.3 Å². The van der Waals surface area contributed by atoms with Crippen LogP contribution in [0.5, 0.6) is 5.75 Å². The molecule has 0 aromatic heterocycles. The largest absolute Gasteiger partial charge is 0.507 e. The van der Waals surface area contributed by atoms with E-state index in [-0.39, 0.29) is 23.9 Å². The lowest BCUT2D eigenvalue weighted by atomic mass is 10.0. The molecule has 25 heavy (non-hydrogen) atoms. The lowest BCUT2D eigenvalue weighted by Gasteiger charge is -2.25. The van der Waals surface area contributed by atoms with Gasteiger partial charge in [0.2, 0.25) is 0 Å². The number of nitrogens with two attached hydrogens (primary N) is 1. The van der Waals surface area contributed by atoms with Crippen LogP contribution in [-0.2, 0) is 6.42 Å². The molecular formula is C19H24N2O4. The first-order chi connectivity index (χ1) is 11.9. The number of aryl methyl sites for hydroxylation is 1. The monoisotopic (exact) mass is 344 g/mol. The average molecular weight is 344 g/mol. The third-order valence-electron chi connectivity index (χ3n) is 4.23. The minimum absolute atomic E-state index is 0.0149. The van der Waals surface area contributed by atoms with Gasteiger partial charge in [-0.2, -0.15) is 5.06 Å². The van der Waals surface area contributed by atoms with Crippen molar-refractivity contribution in [3.05, 3.63) is 65.2 Å². The van der Waals surface area contributed by atoms with Gasteiger partial charge in [0.05, 0.1) is 18.2 Å². The first-order valence-electron chi connectivity index (χ1n) is 8.18. The molecule has 0 bridgehead atoms. The number of hydrogen-bond donors (Lipinski definition) is 4. The summed E-state index contributed by atoms with van der Waals surface area (Å²) in [7, 11) is 0. The average Bonchev–Trinajstić information content (AvgIpc) is 2.60. The molecule has 0 aliphatic heterocycles. The third-order valence-corrected chi connectivity index (χ3v) is 4.23. The Hall–Kier alpha value is -2.41. The highest BCUT2D eigenvalue weighted by molar-refractivity contribution is 5.95. The summed E-state index contributed by atoms with van der Waals surface area (Å²) in [5.74, 6) is -1.01. The summed E-state index contributed by atoms with van der Waals surface area (Å²) in [6.45, 7) is 1.86. The zero-order valence-electron chi connectivity index (χ0n) is 14.2. The van der Waals surface area contributed by atoms with E-state index in [0.29, 0.717) is 5.56 Å². The van der Waals surface area contributed by atoms with Gasteiger partial charge in [0.1, 0.15) is 5.75 Å². The smallest absolute Gasteiger partial charge is 0.252 e. The zero-order valence-corrected chi connectivity index (χ0v) is 14.2. The summed E-state index contributed by atoms with van der Waals surface area (Å²) in [6.07, 6.45) is 0.540. The van der Waals surface area contributed by atoms with Crippen LogP contribution in [0.15, 0.2) is 48.5 Å². The molecule has 6 heteroatoms. The Balaban J connectivity index is 1.93. The van der Waals surface area contributed by atoms with Gasteiger partial charge >= 0.3 is 0 Å². The van der Waals surface area contributed by atoms with Crippen LogP contribution in [0.3, 0.4) is 0 Å². The summed E-state index contributed by atoms with van der Waals surface area (Å²) < 4.78 is 0. The fourth-order valence-corrected chi connectivity index (χ4v) is 2.59. The number of amides is 1. The number of nitrogens with zero attached hydrogens (tertiary/aromatic N) is 1. The molecule has 0 saturated carbocycles. The van der Waals surface area contributed by atoms with Gasteiger partial charge in [0.25, 0.3) is 5.91 Å². The Kier molecular flexibility index (Phi) is 6.52. The Morgan fingerprint density at radius 2 is 1.88 bits per heavy atom. The van der Waals surface area contributed by atoms with E-state index in [1.54, 1.807) is 0 Å². The topological polar surface area (TPSA) is 107 Å². The van der Waals surface area contributed by atoms with Gasteiger partial charge in [0, 0.05) is 6.04 Å². The fraction of sp³-hybridized carbons (Fsp3) is 0.316. The first kappa shape index (κ1) is 18.9. The van der Waals surface area contributed by atoms with Crippen LogP contribution >= 0.6 is 0 Å². The fourth-order valence-electron chi connectivity index (χ4n) is 2.59. The van der Waals surface area contributed by atoms with Crippen LogP contribution < -0.4 is 5.73 Å². The van der Waals surface area contributed by atoms with Gasteiger partial charge in [-0.05, 0) is 43.0 Å². The molecule has 0 spiro atoms. The second kappa shape index (κ2) is 8.62. The van der Waals surface area contributed by atoms with Crippen LogP contribution in [-0.4, -0.2) is 39.0 Å². The molecule has 0 heterocycles. The highest BCUT2D eigenvalue weighted by atomic mass is 16.5. The second-order valence-corrected chi connectivity index (χ2v) is 6.15. The number of phenols is 1. The van der Waals surface area contributed by atoms with E-state index in [4.69, 9.17) is 5.73 Å². The lowest BCUT2D eigenvalue weighted by molar-refractivity contribution is -0.143. The van der Waals surface area contributed by atoms with Crippen LogP contribution in [0, 0.1) is 0 Å². The van der Waals surface area contributed by atoms with E-state index >= 15 is 0 Å². The van der Waals surface area contributed by atoms with Crippen molar-refractivity contribution in [2.75, 3.05) is 6.54 Å². The second-order valence-electron chi connectivity index (χ2n) is 6.15. The van der Waals surface area contributed by atoms with Crippen LogP contribution in [0.4, 0.5) is 0 Å². The first-order valence-corrected chi connectivity index (χ1v) is 8.18. The van der Waals surface area contributed by atoms with E-state index < -0.39 is 12.0 Å². The van der Waals surface area contributed by atoms with Gasteiger partial charge in [-0.25, -0.2) is 0 Å². The third kappa shape index (κ3) is 5.29. The number of carbonyl (C=O) groups is 1. The van der Waals surface area contributed by atoms with E-state index in [0.717, 1.165) is 17.9 Å². The number of hydroxylamine groups is 2. The van der Waals surface area contributed by atoms with Crippen molar-refractivity contribution in [1.82, 2.24) is 5.06 Å². The van der Waals surface area contributed by atoms with E-state index in [9.17, 15) is 20.2 Å². The minimum atomic E-state index is -1.01. The summed E-state index contributed by atoms with van der Waals surface area (Å²) in [6, 6.07) is 14.0. The van der Waals surface area contributed by atoms with Crippen molar-refractivity contribution in [1.29, 1.82) is 0 Å². The molecule has 2 atom stereocenters. The predicted octanol–water partition coefficient (Wildman–Crippen LogP) is 2.24. The van der Waals surface area contributed by atoms with Gasteiger partial charge in [0.15, 0.2) is 0 Å². The number of primary amides is 1. The van der Waals surface area contributed by atoms with E-state index in [1.165, 1.54) is 23.8 Å². The maximum atomic E-state index is 11.3. The molecule has 2 unspecified atom stereocenters. The molecule has 0 radical (unpaired) electrons. The zero-order chi connectivity index (χ0) is 18.4. The normalized spacial score (nSPS) is 13.6. The highest BCUT2D eigenvalue weighted by Gasteiger charge is 2.19. The molecule has 6 nitrogen and oxygen atoms in total. The molecule has 134 valence electrons. The van der Waals surface area contributed by atoms with Crippen molar-refractivity contribution < 1.29 is 20.2 Å². The number of rotatable bonds is 8. The molecule has 0 aliphatic rings. The van der Waals surface area contributed by atoms with E-state index in [2.05, 4.69) is 0 Å². The Bertz CT molecular complexity index is 706. The minimum Gasteiger partial charge on any atom is -0.507 e. The van der Waals surface area contributed by atoms with Crippen molar-refractivity contribution in [3.63, 3.8) is 0 Å². The molecule has 5 N–H and O–H groups in total. The highest BCUT2D eigenvalue weighted by Crippen LogP contribution is 2.23. The van der Waals surface area contributed by atoms with Gasteiger partial charge < -0.3 is 21.2 Å². The van der Waals surface area contributed by atoms with Crippen molar-refractivity contribution >= 4 is 5.91 Å². The SMILES string of the molecule is CC(CCc1ccccc1)N(O)CC(O)c1ccc(O)c(C(N)=O)c1. The Morgan fingerprint density at radius 3 is 2.52 bits per heavy atom. The maximum Gasteiger partial charge on any atom is 0.252 e. The summed E-state index contributed by atoms with van der Waals surface area (Å²) in [5.41, 5.74) is 6.72. The Labute approximate surface area is 147 Å². The number of aliphatic hydroxyl groups excluding tert-OH is 1. The van der Waals surface area contributed by atoms with Crippen LogP contribution in [0.25, 0.3) is 0 Å². The predicted molar refractivity (Wildman–Crippen MR) is 94.3 cm³/mol. The Morgan fingerprint density at radius 1 is 1.20 bits per heavy atom. The molecule has 2 aromatic carbocycles. The number of benzene rings is 2. The number of aromatic hydroxyl groups is 1. The molecule has 0 saturated heterocycles. The number of carbonyl (C=O) groups excluding carboxylic acids is 1. The van der Waals surface area contributed by atoms with Crippen molar-refractivity contribution in [2.45, 2.75) is 31.9 Å². The van der Waals surface area contributed by atoms with Crippen LogP contribution in [0.1, 0.15) is 40.9 Å². The molecule has 1 amide bonds. The van der Waals surface area contributed by atoms with Crippen molar-refractivity contribution in [3.8, 4) is 5.75 Å². The van der Waals surface area contributed by atoms with Gasteiger partial charge in [-0.3, -0.25) is 4.79 Å². The lowest BCUT2D eigenvalue weighted by Crippen LogP contribution is -2.34. The van der Waals surface area contributed by atoms with Crippen LogP contribution in [0.2, 0.25) is 0 Å². The van der Waals surface area contributed by atoms with Crippen molar-refractivity contribution in [2.24, 2.45) is 5.73 Å². The molecule has 2 rings (SSSR count). The molecule has 2 aromatic rings. The maximum absolute atomic E-state index is 11.3. The standard InChI is InChI=1S/C19H24N2O4/c1-13(7-8-14-5-3-2-4-6-14)21(25)12-18(23)15-9-10-17(22)16(11-15)19(20)24/h2-6,9-11,13,18,22-23,25H,7-8,12H2,1H3,(H2,20,24). The van der Waals surface area contributed by atoms with Gasteiger partial charge in [-0.15, -0.1) is 0 Å². The summed E-state index contributed by atoms with van der Waals surface area (Å²) in [5, 5.41) is 31.2. The summed E-state index contributed by atoms with van der Waals surface area (Å²) >= 11 is 0. The summed E-state index contributed by atoms with van der Waals surface area (Å²) in [4.78, 5) is 11.3. The number of aliphatic hydroxyl groups is 1. The quantitative estimate of drug-likeness (QED) is 0.549.